The normalized spacial score (nSPS) is 14.7. The van der Waals surface area contributed by atoms with Crippen molar-refractivity contribution in [2.24, 2.45) is 0 Å². The van der Waals surface area contributed by atoms with E-state index in [9.17, 15) is 10.1 Å². The van der Waals surface area contributed by atoms with Gasteiger partial charge in [0.05, 0.1) is 11.7 Å². The van der Waals surface area contributed by atoms with Crippen LogP contribution in [0.5, 0.6) is 17.2 Å². The highest BCUT2D eigenvalue weighted by Crippen LogP contribution is 2.48. The molecular formula is C26H26N4O4. The molecule has 0 unspecified atom stereocenters. The minimum atomic E-state index is -0.374. The standard InChI is InChI=1S/C26H24N4O4.H2/c1-16(31)32-15-30-26-28-13-20(14-29-26)17-4-6-21(7-5-17)33-23-10-19(12-27)25(34-22-8-9-22)24(11-23)18-2-3-18;/h4-7,10-11,13-14,18,22H,2-3,8-9,15H2,1H3,(H,28,29,30);1H. The fraction of sp³-hybridized carbons (Fsp3) is 0.308. The second-order valence-electron chi connectivity index (χ2n) is 8.47. The minimum absolute atomic E-state index is 0. The molecule has 1 N–H and O–H groups in total. The first-order chi connectivity index (χ1) is 16.6. The number of hydrogen-bond acceptors (Lipinski definition) is 8. The van der Waals surface area contributed by atoms with E-state index in [0.717, 1.165) is 48.1 Å². The van der Waals surface area contributed by atoms with Crippen molar-refractivity contribution in [2.45, 2.75) is 44.6 Å². The SMILES string of the molecule is CC(=O)OCNc1ncc(-c2ccc(Oc3cc(C#N)c(OC4CC4)c(C4CC4)c3)cc2)cn1.[HH]. The number of nitriles is 1. The molecule has 1 heterocycles. The third kappa shape index (κ3) is 5.26. The van der Waals surface area contributed by atoms with E-state index in [1.165, 1.54) is 6.92 Å². The van der Waals surface area contributed by atoms with Gasteiger partial charge < -0.3 is 19.5 Å². The Morgan fingerprint density at radius 3 is 2.44 bits per heavy atom. The zero-order valence-electron chi connectivity index (χ0n) is 18.8. The zero-order valence-corrected chi connectivity index (χ0v) is 18.8. The summed E-state index contributed by atoms with van der Waals surface area (Å²) in [6, 6.07) is 13.7. The summed E-state index contributed by atoms with van der Waals surface area (Å²) in [6.45, 7) is 1.36. The molecule has 0 radical (unpaired) electrons. The Morgan fingerprint density at radius 1 is 1.09 bits per heavy atom. The van der Waals surface area contributed by atoms with E-state index in [4.69, 9.17) is 14.2 Å². The fourth-order valence-electron chi connectivity index (χ4n) is 3.57. The Labute approximate surface area is 199 Å². The molecule has 0 amide bonds. The van der Waals surface area contributed by atoms with Gasteiger partial charge in [0.15, 0.2) is 6.73 Å². The Bertz CT molecular complexity index is 1230. The molecule has 174 valence electrons. The first-order valence-corrected chi connectivity index (χ1v) is 11.3. The van der Waals surface area contributed by atoms with Gasteiger partial charge in [0, 0.05) is 37.9 Å². The first kappa shape index (κ1) is 21.7. The van der Waals surface area contributed by atoms with Crippen LogP contribution in [0.2, 0.25) is 0 Å². The summed E-state index contributed by atoms with van der Waals surface area (Å²) in [5.74, 6) is 2.49. The number of hydrogen-bond donors (Lipinski definition) is 1. The highest BCUT2D eigenvalue weighted by atomic mass is 16.5. The van der Waals surface area contributed by atoms with Gasteiger partial charge in [-0.1, -0.05) is 12.1 Å². The Balaban J connectivity index is 0.00000289. The average molecular weight is 459 g/mol. The highest BCUT2D eigenvalue weighted by Gasteiger charge is 2.32. The zero-order chi connectivity index (χ0) is 23.5. The second kappa shape index (κ2) is 9.40. The molecule has 0 bridgehead atoms. The molecule has 2 saturated carbocycles. The number of benzene rings is 2. The highest BCUT2D eigenvalue weighted by molar-refractivity contribution is 5.66. The summed E-state index contributed by atoms with van der Waals surface area (Å²) in [4.78, 5) is 19.3. The monoisotopic (exact) mass is 458 g/mol. The lowest BCUT2D eigenvalue weighted by Gasteiger charge is -2.15. The maximum Gasteiger partial charge on any atom is 0.304 e. The number of nitrogens with zero attached hydrogens (tertiary/aromatic N) is 3. The van der Waals surface area contributed by atoms with Gasteiger partial charge >= 0.3 is 5.97 Å². The van der Waals surface area contributed by atoms with E-state index in [0.29, 0.717) is 28.9 Å². The van der Waals surface area contributed by atoms with E-state index >= 15 is 0 Å². The number of aromatic nitrogens is 2. The summed E-state index contributed by atoms with van der Waals surface area (Å²) in [6.07, 6.45) is 7.97. The molecule has 1 aromatic heterocycles. The van der Waals surface area contributed by atoms with E-state index in [-0.39, 0.29) is 20.2 Å². The van der Waals surface area contributed by atoms with Gasteiger partial charge in [-0.05, 0) is 55.4 Å². The summed E-state index contributed by atoms with van der Waals surface area (Å²) in [7, 11) is 0. The van der Waals surface area contributed by atoms with Crippen molar-refractivity contribution < 1.29 is 20.4 Å². The largest absolute Gasteiger partial charge is 0.489 e. The molecule has 0 saturated heterocycles. The topological polar surface area (TPSA) is 106 Å². The van der Waals surface area contributed by atoms with Gasteiger partial charge in [0.2, 0.25) is 5.95 Å². The molecule has 2 aliphatic rings. The lowest BCUT2D eigenvalue weighted by atomic mass is 10.0. The van der Waals surface area contributed by atoms with Crippen LogP contribution in [0.4, 0.5) is 5.95 Å². The quantitative estimate of drug-likeness (QED) is 0.335. The predicted octanol–water partition coefficient (Wildman–Crippen LogP) is 5.40. The lowest BCUT2D eigenvalue weighted by Crippen LogP contribution is -2.11. The van der Waals surface area contributed by atoms with Crippen LogP contribution in [-0.2, 0) is 9.53 Å². The summed E-state index contributed by atoms with van der Waals surface area (Å²) in [5, 5.41) is 12.5. The molecule has 8 heteroatoms. The van der Waals surface area contributed by atoms with Crippen LogP contribution in [0.15, 0.2) is 48.8 Å². The molecule has 2 aliphatic carbocycles. The number of esters is 1. The molecule has 5 rings (SSSR count). The van der Waals surface area contributed by atoms with E-state index in [1.54, 1.807) is 18.5 Å². The van der Waals surface area contributed by atoms with Crippen LogP contribution in [0, 0.1) is 11.3 Å². The number of carbonyl (C=O) groups excluding carboxylic acids is 1. The Hall–Kier alpha value is -4.12. The average Bonchev–Trinajstić information content (AvgIpc) is 3.75. The van der Waals surface area contributed by atoms with Crippen LogP contribution in [0.25, 0.3) is 11.1 Å². The molecule has 34 heavy (non-hydrogen) atoms. The molecule has 0 aliphatic heterocycles. The van der Waals surface area contributed by atoms with E-state index in [1.807, 2.05) is 30.3 Å². The number of anilines is 1. The van der Waals surface area contributed by atoms with Crippen molar-refractivity contribution in [3.63, 3.8) is 0 Å². The maximum atomic E-state index is 10.8. The van der Waals surface area contributed by atoms with Gasteiger partial charge in [-0.3, -0.25) is 4.79 Å². The number of ether oxygens (including phenoxy) is 3. The summed E-state index contributed by atoms with van der Waals surface area (Å²) >= 11 is 0. The summed E-state index contributed by atoms with van der Waals surface area (Å²) in [5.41, 5.74) is 3.39. The smallest absolute Gasteiger partial charge is 0.304 e. The van der Waals surface area contributed by atoms with Crippen molar-refractivity contribution in [2.75, 3.05) is 12.0 Å². The van der Waals surface area contributed by atoms with Gasteiger partial charge in [-0.15, -0.1) is 0 Å². The van der Waals surface area contributed by atoms with Crippen molar-refractivity contribution in [1.29, 1.82) is 5.26 Å². The number of nitrogens with one attached hydrogen (secondary N) is 1. The van der Waals surface area contributed by atoms with Gasteiger partial charge in [-0.25, -0.2) is 9.97 Å². The van der Waals surface area contributed by atoms with Crippen LogP contribution in [0.3, 0.4) is 0 Å². The first-order valence-electron chi connectivity index (χ1n) is 11.3. The van der Waals surface area contributed by atoms with Crippen molar-refractivity contribution in [1.82, 2.24) is 9.97 Å². The number of rotatable bonds is 9. The molecule has 3 aromatic rings. The maximum absolute atomic E-state index is 10.8. The fourth-order valence-corrected chi connectivity index (χ4v) is 3.57. The van der Waals surface area contributed by atoms with Crippen molar-refractivity contribution in [3.8, 4) is 34.4 Å². The van der Waals surface area contributed by atoms with Gasteiger partial charge in [-0.2, -0.15) is 5.26 Å². The van der Waals surface area contributed by atoms with Crippen LogP contribution < -0.4 is 14.8 Å². The van der Waals surface area contributed by atoms with E-state index < -0.39 is 0 Å². The third-order valence-corrected chi connectivity index (χ3v) is 5.62. The third-order valence-electron chi connectivity index (χ3n) is 5.62. The molecule has 0 spiro atoms. The summed E-state index contributed by atoms with van der Waals surface area (Å²) < 4.78 is 17.0. The second-order valence-corrected chi connectivity index (χ2v) is 8.47. The van der Waals surface area contributed by atoms with Crippen molar-refractivity contribution in [3.05, 3.63) is 59.9 Å². The number of carbonyl (C=O) groups is 1. The Morgan fingerprint density at radius 2 is 1.82 bits per heavy atom. The van der Waals surface area contributed by atoms with Crippen molar-refractivity contribution >= 4 is 11.9 Å². The molecule has 0 atom stereocenters. The van der Waals surface area contributed by atoms with Crippen LogP contribution in [0.1, 0.15) is 51.1 Å². The van der Waals surface area contributed by atoms with Gasteiger partial charge in [0.1, 0.15) is 23.3 Å². The Kier molecular flexibility index (Phi) is 6.00. The van der Waals surface area contributed by atoms with E-state index in [2.05, 4.69) is 21.4 Å². The molecule has 8 nitrogen and oxygen atoms in total. The van der Waals surface area contributed by atoms with Gasteiger partial charge in [0.25, 0.3) is 0 Å². The van der Waals surface area contributed by atoms with Crippen LogP contribution in [-0.4, -0.2) is 28.8 Å². The lowest BCUT2D eigenvalue weighted by molar-refractivity contribution is -0.140. The molecule has 2 fully saturated rings. The predicted molar refractivity (Wildman–Crippen MR) is 127 cm³/mol. The minimum Gasteiger partial charge on any atom is -0.489 e. The molecular weight excluding hydrogens is 432 g/mol. The van der Waals surface area contributed by atoms with Crippen LogP contribution >= 0.6 is 0 Å². The molecule has 2 aromatic carbocycles.